The van der Waals surface area contributed by atoms with E-state index in [1.54, 1.807) is 6.92 Å². The number of carbonyl (C=O) groups is 2. The van der Waals surface area contributed by atoms with E-state index >= 15 is 0 Å². The van der Waals surface area contributed by atoms with Gasteiger partial charge in [-0.05, 0) is 37.8 Å². The standard InChI is InChI=1S/C13H18N2O3/c1-13(12(17)18)6-2-8-15(13)11(16)4-3-10-5-7-14-9-10/h5,7,9,14H,2-4,6,8H2,1H3,(H,17,18). The number of likely N-dealkylation sites (tertiary alicyclic amines) is 1. The predicted molar refractivity (Wildman–Crippen MR) is 66.1 cm³/mol. The van der Waals surface area contributed by atoms with Crippen molar-refractivity contribution in [2.24, 2.45) is 0 Å². The van der Waals surface area contributed by atoms with E-state index in [2.05, 4.69) is 4.98 Å². The number of rotatable bonds is 4. The van der Waals surface area contributed by atoms with Crippen LogP contribution in [0.4, 0.5) is 0 Å². The number of carboxylic acid groups (broad SMARTS) is 1. The molecule has 1 aliphatic heterocycles. The van der Waals surface area contributed by atoms with E-state index in [1.165, 1.54) is 4.90 Å². The van der Waals surface area contributed by atoms with Gasteiger partial charge in [-0.3, -0.25) is 4.79 Å². The Morgan fingerprint density at radius 1 is 1.56 bits per heavy atom. The lowest BCUT2D eigenvalue weighted by atomic mass is 9.99. The Morgan fingerprint density at radius 2 is 2.33 bits per heavy atom. The highest BCUT2D eigenvalue weighted by Crippen LogP contribution is 2.30. The minimum Gasteiger partial charge on any atom is -0.480 e. The number of amides is 1. The summed E-state index contributed by atoms with van der Waals surface area (Å²) in [6.45, 7) is 2.19. The Hall–Kier alpha value is -1.78. The van der Waals surface area contributed by atoms with Crippen LogP contribution in [0.3, 0.4) is 0 Å². The molecular formula is C13H18N2O3. The largest absolute Gasteiger partial charge is 0.480 e. The van der Waals surface area contributed by atoms with Crippen molar-refractivity contribution < 1.29 is 14.7 Å². The maximum Gasteiger partial charge on any atom is 0.329 e. The Morgan fingerprint density at radius 3 is 2.94 bits per heavy atom. The Balaban J connectivity index is 1.98. The van der Waals surface area contributed by atoms with Crippen LogP contribution in [-0.4, -0.2) is 39.0 Å². The molecule has 1 aliphatic rings. The number of aromatic nitrogens is 1. The maximum absolute atomic E-state index is 12.1. The van der Waals surface area contributed by atoms with Gasteiger partial charge in [0.25, 0.3) is 0 Å². The molecule has 5 heteroatoms. The van der Waals surface area contributed by atoms with Crippen LogP contribution in [0.25, 0.3) is 0 Å². The van der Waals surface area contributed by atoms with Gasteiger partial charge < -0.3 is 15.0 Å². The zero-order valence-electron chi connectivity index (χ0n) is 10.5. The molecule has 18 heavy (non-hydrogen) atoms. The number of carboxylic acids is 1. The van der Waals surface area contributed by atoms with Crippen molar-refractivity contribution in [3.05, 3.63) is 24.0 Å². The Labute approximate surface area is 106 Å². The second-order valence-electron chi connectivity index (χ2n) is 4.95. The fraction of sp³-hybridized carbons (Fsp3) is 0.538. The van der Waals surface area contributed by atoms with Gasteiger partial charge in [0.2, 0.25) is 5.91 Å². The topological polar surface area (TPSA) is 73.4 Å². The molecule has 0 bridgehead atoms. The first-order chi connectivity index (χ1) is 8.54. The third kappa shape index (κ3) is 2.25. The number of aliphatic carboxylic acids is 1. The number of aromatic amines is 1. The number of H-pyrrole nitrogens is 1. The molecule has 0 aliphatic carbocycles. The molecule has 0 aromatic carbocycles. The summed E-state index contributed by atoms with van der Waals surface area (Å²) < 4.78 is 0. The number of hydrogen-bond donors (Lipinski definition) is 2. The predicted octanol–water partition coefficient (Wildman–Crippen LogP) is 1.41. The monoisotopic (exact) mass is 250 g/mol. The van der Waals surface area contributed by atoms with Crippen LogP contribution < -0.4 is 0 Å². The third-order valence-corrected chi connectivity index (χ3v) is 3.69. The molecule has 98 valence electrons. The van der Waals surface area contributed by atoms with Crippen molar-refractivity contribution in [2.75, 3.05) is 6.54 Å². The van der Waals surface area contributed by atoms with Gasteiger partial charge in [0.15, 0.2) is 0 Å². The first-order valence-electron chi connectivity index (χ1n) is 6.19. The molecule has 1 amide bonds. The van der Waals surface area contributed by atoms with Crippen LogP contribution in [0.5, 0.6) is 0 Å². The van der Waals surface area contributed by atoms with Crippen LogP contribution in [0.1, 0.15) is 31.7 Å². The molecule has 2 N–H and O–H groups in total. The quantitative estimate of drug-likeness (QED) is 0.848. The van der Waals surface area contributed by atoms with Gasteiger partial charge in [-0.25, -0.2) is 4.79 Å². The fourth-order valence-electron chi connectivity index (χ4n) is 2.49. The molecule has 0 spiro atoms. The van der Waals surface area contributed by atoms with Gasteiger partial charge in [-0.15, -0.1) is 0 Å². The van der Waals surface area contributed by atoms with E-state index in [0.29, 0.717) is 25.8 Å². The lowest BCUT2D eigenvalue weighted by Gasteiger charge is -2.31. The molecule has 1 fully saturated rings. The summed E-state index contributed by atoms with van der Waals surface area (Å²) in [4.78, 5) is 27.8. The molecule has 1 atom stereocenters. The molecule has 1 saturated heterocycles. The summed E-state index contributed by atoms with van der Waals surface area (Å²) in [5.74, 6) is -0.978. The number of carbonyl (C=O) groups excluding carboxylic acids is 1. The minimum absolute atomic E-state index is 0.0707. The summed E-state index contributed by atoms with van der Waals surface area (Å²) in [5, 5.41) is 9.25. The van der Waals surface area contributed by atoms with Crippen molar-refractivity contribution in [1.29, 1.82) is 0 Å². The van der Waals surface area contributed by atoms with E-state index in [0.717, 1.165) is 12.0 Å². The summed E-state index contributed by atoms with van der Waals surface area (Å²) >= 11 is 0. The van der Waals surface area contributed by atoms with Gasteiger partial charge in [0, 0.05) is 25.4 Å². The minimum atomic E-state index is -1.02. The fourth-order valence-corrected chi connectivity index (χ4v) is 2.49. The van der Waals surface area contributed by atoms with E-state index in [9.17, 15) is 14.7 Å². The van der Waals surface area contributed by atoms with E-state index in [1.807, 2.05) is 18.5 Å². The van der Waals surface area contributed by atoms with Crippen molar-refractivity contribution in [3.63, 3.8) is 0 Å². The molecule has 0 radical (unpaired) electrons. The Bertz CT molecular complexity index is 441. The highest BCUT2D eigenvalue weighted by molar-refractivity contribution is 5.87. The second-order valence-corrected chi connectivity index (χ2v) is 4.95. The zero-order valence-corrected chi connectivity index (χ0v) is 10.5. The van der Waals surface area contributed by atoms with Crippen LogP contribution in [-0.2, 0) is 16.0 Å². The molecule has 2 heterocycles. The lowest BCUT2D eigenvalue weighted by Crippen LogP contribution is -2.50. The highest BCUT2D eigenvalue weighted by atomic mass is 16.4. The first kappa shape index (κ1) is 12.7. The third-order valence-electron chi connectivity index (χ3n) is 3.69. The number of nitrogens with zero attached hydrogens (tertiary/aromatic N) is 1. The average molecular weight is 250 g/mol. The molecule has 1 aromatic heterocycles. The van der Waals surface area contributed by atoms with Crippen molar-refractivity contribution in [1.82, 2.24) is 9.88 Å². The van der Waals surface area contributed by atoms with Crippen LogP contribution in [0.15, 0.2) is 18.5 Å². The molecular weight excluding hydrogens is 232 g/mol. The number of hydrogen-bond acceptors (Lipinski definition) is 2. The normalized spacial score (nSPS) is 23.3. The molecule has 2 rings (SSSR count). The summed E-state index contributed by atoms with van der Waals surface area (Å²) in [7, 11) is 0. The van der Waals surface area contributed by atoms with Gasteiger partial charge in [0.05, 0.1) is 0 Å². The SMILES string of the molecule is CC1(C(=O)O)CCCN1C(=O)CCc1cc[nH]c1. The molecule has 0 saturated carbocycles. The summed E-state index contributed by atoms with van der Waals surface area (Å²) in [5.41, 5.74) is 0.0504. The van der Waals surface area contributed by atoms with Crippen LogP contribution in [0.2, 0.25) is 0 Å². The lowest BCUT2D eigenvalue weighted by molar-refractivity contribution is -0.155. The van der Waals surface area contributed by atoms with E-state index in [-0.39, 0.29) is 5.91 Å². The molecule has 1 aromatic rings. The molecule has 1 unspecified atom stereocenters. The average Bonchev–Trinajstić information content (AvgIpc) is 2.95. The second kappa shape index (κ2) is 4.84. The van der Waals surface area contributed by atoms with E-state index < -0.39 is 11.5 Å². The van der Waals surface area contributed by atoms with Crippen LogP contribution >= 0.6 is 0 Å². The van der Waals surface area contributed by atoms with Crippen molar-refractivity contribution in [2.45, 2.75) is 38.1 Å². The van der Waals surface area contributed by atoms with E-state index in [4.69, 9.17) is 0 Å². The summed E-state index contributed by atoms with van der Waals surface area (Å²) in [6.07, 6.45) is 5.98. The molecule has 5 nitrogen and oxygen atoms in total. The number of nitrogens with one attached hydrogen (secondary N) is 1. The van der Waals surface area contributed by atoms with Gasteiger partial charge >= 0.3 is 5.97 Å². The number of aryl methyl sites for hydroxylation is 1. The smallest absolute Gasteiger partial charge is 0.329 e. The maximum atomic E-state index is 12.1. The van der Waals surface area contributed by atoms with Crippen molar-refractivity contribution in [3.8, 4) is 0 Å². The van der Waals surface area contributed by atoms with Gasteiger partial charge in [-0.2, -0.15) is 0 Å². The Kier molecular flexibility index (Phi) is 3.41. The van der Waals surface area contributed by atoms with Gasteiger partial charge in [0.1, 0.15) is 5.54 Å². The highest BCUT2D eigenvalue weighted by Gasteiger charge is 2.45. The summed E-state index contributed by atoms with van der Waals surface area (Å²) in [6, 6.07) is 1.92. The van der Waals surface area contributed by atoms with Gasteiger partial charge in [-0.1, -0.05) is 0 Å². The zero-order chi connectivity index (χ0) is 13.2. The van der Waals surface area contributed by atoms with Crippen molar-refractivity contribution >= 4 is 11.9 Å². The van der Waals surface area contributed by atoms with Crippen LogP contribution in [0, 0.1) is 0 Å². The first-order valence-corrected chi connectivity index (χ1v) is 6.19.